The minimum Gasteiger partial charge on any atom is -0.494 e. The van der Waals surface area contributed by atoms with Crippen molar-refractivity contribution in [3.05, 3.63) is 36.0 Å². The van der Waals surface area contributed by atoms with E-state index in [1.807, 2.05) is 12.1 Å². The molecule has 3 rings (SSSR count). The molecule has 1 aliphatic heterocycles. The molecular weight excluding hydrogens is 224 g/mol. The standard InChI is InChI=1S/C15H18N2O/c1-15(9-4-10-16-15)13-8-7-11-5-3-6-12(18-2)14(11)17-13/h3,5-8,16H,4,9-10H2,1-2H3. The second kappa shape index (κ2) is 4.25. The van der Waals surface area contributed by atoms with Gasteiger partial charge in [0.05, 0.1) is 18.3 Å². The number of ether oxygens (including phenoxy) is 1. The first-order valence-corrected chi connectivity index (χ1v) is 6.42. The Morgan fingerprint density at radius 2 is 2.17 bits per heavy atom. The molecule has 3 nitrogen and oxygen atoms in total. The average Bonchev–Trinajstić information content (AvgIpc) is 2.85. The van der Waals surface area contributed by atoms with Gasteiger partial charge < -0.3 is 10.1 Å². The van der Waals surface area contributed by atoms with E-state index < -0.39 is 0 Å². The molecule has 0 bridgehead atoms. The van der Waals surface area contributed by atoms with Crippen molar-refractivity contribution in [2.24, 2.45) is 0 Å². The van der Waals surface area contributed by atoms with E-state index in [4.69, 9.17) is 9.72 Å². The van der Waals surface area contributed by atoms with Gasteiger partial charge in [0.25, 0.3) is 0 Å². The fraction of sp³-hybridized carbons (Fsp3) is 0.400. The number of hydrogen-bond donors (Lipinski definition) is 1. The van der Waals surface area contributed by atoms with Crippen LogP contribution < -0.4 is 10.1 Å². The van der Waals surface area contributed by atoms with Gasteiger partial charge in [-0.15, -0.1) is 0 Å². The molecule has 1 aromatic heterocycles. The third kappa shape index (κ3) is 1.75. The van der Waals surface area contributed by atoms with Gasteiger partial charge in [0.2, 0.25) is 0 Å². The Labute approximate surface area is 107 Å². The monoisotopic (exact) mass is 242 g/mol. The van der Waals surface area contributed by atoms with E-state index in [9.17, 15) is 0 Å². The van der Waals surface area contributed by atoms with E-state index in [-0.39, 0.29) is 5.54 Å². The number of rotatable bonds is 2. The van der Waals surface area contributed by atoms with Crippen LogP contribution in [-0.4, -0.2) is 18.6 Å². The van der Waals surface area contributed by atoms with Crippen molar-refractivity contribution in [3.63, 3.8) is 0 Å². The summed E-state index contributed by atoms with van der Waals surface area (Å²) in [6, 6.07) is 10.3. The summed E-state index contributed by atoms with van der Waals surface area (Å²) < 4.78 is 5.40. The molecule has 94 valence electrons. The molecule has 1 aliphatic rings. The second-order valence-corrected chi connectivity index (χ2v) is 5.09. The van der Waals surface area contributed by atoms with Gasteiger partial charge in [-0.25, -0.2) is 4.98 Å². The molecule has 1 saturated heterocycles. The fourth-order valence-electron chi connectivity index (χ4n) is 2.71. The molecule has 0 amide bonds. The lowest BCUT2D eigenvalue weighted by Gasteiger charge is -2.24. The van der Waals surface area contributed by atoms with Crippen molar-refractivity contribution >= 4 is 10.9 Å². The number of methoxy groups -OCH3 is 1. The van der Waals surface area contributed by atoms with Gasteiger partial charge in [-0.1, -0.05) is 18.2 Å². The summed E-state index contributed by atoms with van der Waals surface area (Å²) in [6.07, 6.45) is 2.35. The summed E-state index contributed by atoms with van der Waals surface area (Å²) in [5.74, 6) is 0.843. The van der Waals surface area contributed by atoms with Crippen LogP contribution in [0, 0.1) is 0 Å². The van der Waals surface area contributed by atoms with Gasteiger partial charge >= 0.3 is 0 Å². The van der Waals surface area contributed by atoms with Gasteiger partial charge in [-0.2, -0.15) is 0 Å². The number of fused-ring (bicyclic) bond motifs is 1. The fourth-order valence-corrected chi connectivity index (χ4v) is 2.71. The van der Waals surface area contributed by atoms with Crippen LogP contribution >= 0.6 is 0 Å². The first-order chi connectivity index (χ1) is 8.73. The summed E-state index contributed by atoms with van der Waals surface area (Å²) in [6.45, 7) is 3.30. The van der Waals surface area contributed by atoms with Crippen molar-refractivity contribution in [2.45, 2.75) is 25.3 Å². The topological polar surface area (TPSA) is 34.1 Å². The lowest BCUT2D eigenvalue weighted by Crippen LogP contribution is -2.34. The first-order valence-electron chi connectivity index (χ1n) is 6.42. The van der Waals surface area contributed by atoms with Crippen LogP contribution in [0.15, 0.2) is 30.3 Å². The molecule has 2 heterocycles. The lowest BCUT2D eigenvalue weighted by atomic mass is 9.95. The van der Waals surface area contributed by atoms with Gasteiger partial charge in [-0.3, -0.25) is 0 Å². The highest BCUT2D eigenvalue weighted by Crippen LogP contribution is 2.32. The van der Waals surface area contributed by atoms with Crippen molar-refractivity contribution < 1.29 is 4.74 Å². The predicted molar refractivity (Wildman–Crippen MR) is 72.9 cm³/mol. The number of nitrogens with one attached hydrogen (secondary N) is 1. The zero-order valence-electron chi connectivity index (χ0n) is 10.9. The van der Waals surface area contributed by atoms with Gasteiger partial charge in [-0.05, 0) is 38.4 Å². The minimum absolute atomic E-state index is 0.00897. The summed E-state index contributed by atoms with van der Waals surface area (Å²) >= 11 is 0. The molecule has 1 fully saturated rings. The molecule has 18 heavy (non-hydrogen) atoms. The van der Waals surface area contributed by atoms with Crippen LogP contribution in [0.3, 0.4) is 0 Å². The third-order valence-corrected chi connectivity index (χ3v) is 3.84. The molecule has 3 heteroatoms. The number of pyridine rings is 1. The molecule has 1 N–H and O–H groups in total. The highest BCUT2D eigenvalue weighted by Gasteiger charge is 2.31. The minimum atomic E-state index is 0.00897. The normalized spacial score (nSPS) is 23.4. The largest absolute Gasteiger partial charge is 0.494 e. The van der Waals surface area contributed by atoms with E-state index in [1.165, 1.54) is 6.42 Å². The van der Waals surface area contributed by atoms with Crippen molar-refractivity contribution in [1.82, 2.24) is 10.3 Å². The predicted octanol–water partition coefficient (Wildman–Crippen LogP) is 2.84. The maximum Gasteiger partial charge on any atom is 0.145 e. The lowest BCUT2D eigenvalue weighted by molar-refractivity contribution is 0.413. The molecule has 1 unspecified atom stereocenters. The summed E-state index contributed by atoms with van der Waals surface area (Å²) in [4.78, 5) is 4.81. The Morgan fingerprint density at radius 3 is 2.89 bits per heavy atom. The maximum absolute atomic E-state index is 5.40. The van der Waals surface area contributed by atoms with E-state index in [2.05, 4.69) is 30.4 Å². The third-order valence-electron chi connectivity index (χ3n) is 3.84. The van der Waals surface area contributed by atoms with Gasteiger partial charge in [0.1, 0.15) is 11.3 Å². The Kier molecular flexibility index (Phi) is 2.71. The molecule has 0 aliphatic carbocycles. The molecule has 1 aromatic carbocycles. The van der Waals surface area contributed by atoms with Crippen LogP contribution in [0.5, 0.6) is 5.75 Å². The van der Waals surface area contributed by atoms with E-state index >= 15 is 0 Å². The second-order valence-electron chi connectivity index (χ2n) is 5.09. The van der Waals surface area contributed by atoms with Crippen molar-refractivity contribution in [1.29, 1.82) is 0 Å². The molecular formula is C15H18N2O. The molecule has 0 radical (unpaired) electrons. The number of para-hydroxylation sites is 1. The van der Waals surface area contributed by atoms with Gasteiger partial charge in [0.15, 0.2) is 0 Å². The van der Waals surface area contributed by atoms with Crippen LogP contribution in [-0.2, 0) is 5.54 Å². The Bertz CT molecular complexity index is 574. The highest BCUT2D eigenvalue weighted by atomic mass is 16.5. The number of hydrogen-bond acceptors (Lipinski definition) is 3. The molecule has 1 atom stereocenters. The first kappa shape index (κ1) is 11.5. The van der Waals surface area contributed by atoms with E-state index in [1.54, 1.807) is 7.11 Å². The van der Waals surface area contributed by atoms with Crippen molar-refractivity contribution in [3.8, 4) is 5.75 Å². The highest BCUT2D eigenvalue weighted by molar-refractivity contribution is 5.84. The van der Waals surface area contributed by atoms with E-state index in [0.29, 0.717) is 0 Å². The van der Waals surface area contributed by atoms with Crippen LogP contribution in [0.4, 0.5) is 0 Å². The van der Waals surface area contributed by atoms with Gasteiger partial charge in [0, 0.05) is 5.39 Å². The van der Waals surface area contributed by atoms with Crippen LogP contribution in [0.25, 0.3) is 10.9 Å². The zero-order valence-corrected chi connectivity index (χ0v) is 10.9. The maximum atomic E-state index is 5.40. The number of nitrogens with zero attached hydrogens (tertiary/aromatic N) is 1. The summed E-state index contributed by atoms with van der Waals surface area (Å²) in [5, 5.41) is 4.67. The summed E-state index contributed by atoms with van der Waals surface area (Å²) in [5.41, 5.74) is 2.07. The average molecular weight is 242 g/mol. The quantitative estimate of drug-likeness (QED) is 0.879. The van der Waals surface area contributed by atoms with Crippen LogP contribution in [0.2, 0.25) is 0 Å². The Balaban J connectivity index is 2.15. The molecule has 0 saturated carbocycles. The summed E-state index contributed by atoms with van der Waals surface area (Å²) in [7, 11) is 1.69. The SMILES string of the molecule is COc1cccc2ccc(C3(C)CCCN3)nc12. The molecule has 0 spiro atoms. The van der Waals surface area contributed by atoms with Crippen LogP contribution in [0.1, 0.15) is 25.5 Å². The zero-order chi connectivity index (χ0) is 12.6. The number of benzene rings is 1. The van der Waals surface area contributed by atoms with Crippen molar-refractivity contribution in [2.75, 3.05) is 13.7 Å². The smallest absolute Gasteiger partial charge is 0.145 e. The molecule has 2 aromatic rings. The Morgan fingerprint density at radius 1 is 1.28 bits per heavy atom. The Hall–Kier alpha value is -1.61. The van der Waals surface area contributed by atoms with E-state index in [0.717, 1.165) is 35.3 Å². The number of aromatic nitrogens is 1.